The van der Waals surface area contributed by atoms with E-state index in [0.717, 1.165) is 32.1 Å². The van der Waals surface area contributed by atoms with Crippen LogP contribution < -0.4 is 10.6 Å². The Labute approximate surface area is 126 Å². The Bertz CT molecular complexity index is 477. The number of nitrogens with one attached hydrogen (secondary N) is 2. The summed E-state index contributed by atoms with van der Waals surface area (Å²) < 4.78 is 5.78. The quantitative estimate of drug-likeness (QED) is 0.874. The van der Waals surface area contributed by atoms with Gasteiger partial charge in [0.25, 0.3) is 0 Å². The molecule has 0 spiro atoms. The van der Waals surface area contributed by atoms with Gasteiger partial charge in [-0.1, -0.05) is 43.7 Å². The summed E-state index contributed by atoms with van der Waals surface area (Å²) in [6.07, 6.45) is 5.76. The van der Waals surface area contributed by atoms with Gasteiger partial charge < -0.3 is 15.4 Å². The standard InChI is InChI=1S/C17H24N2O2/c1-2-6-14(12-7-4-3-5-8-12)18-17(20)19-15-11-13-9-10-16(15)21-13/h3-5,7-8,13-16H,2,6,9-11H2,1H3,(H2,18,19,20)/t13-,14+,15-,16-/m1/s1. The van der Waals surface area contributed by atoms with Crippen molar-refractivity contribution in [2.45, 2.75) is 63.3 Å². The SMILES string of the molecule is CCC[C@H](NC(=O)N[C@@H]1C[C@H]2CC[C@H]1O2)c1ccccc1. The molecule has 2 bridgehead atoms. The molecular weight excluding hydrogens is 264 g/mol. The zero-order chi connectivity index (χ0) is 14.7. The average Bonchev–Trinajstić information content (AvgIpc) is 3.10. The van der Waals surface area contributed by atoms with Gasteiger partial charge in [-0.15, -0.1) is 0 Å². The molecule has 114 valence electrons. The minimum Gasteiger partial charge on any atom is -0.373 e. The lowest BCUT2D eigenvalue weighted by atomic mass is 9.95. The third-order valence-corrected chi connectivity index (χ3v) is 4.51. The molecule has 2 N–H and O–H groups in total. The van der Waals surface area contributed by atoms with Gasteiger partial charge >= 0.3 is 6.03 Å². The second-order valence-electron chi connectivity index (χ2n) is 6.09. The van der Waals surface area contributed by atoms with Crippen LogP contribution in [0.25, 0.3) is 0 Å². The Morgan fingerprint density at radius 2 is 2.14 bits per heavy atom. The van der Waals surface area contributed by atoms with E-state index >= 15 is 0 Å². The highest BCUT2D eigenvalue weighted by molar-refractivity contribution is 5.75. The van der Waals surface area contributed by atoms with E-state index in [1.165, 1.54) is 5.56 Å². The molecule has 0 aliphatic carbocycles. The predicted molar refractivity (Wildman–Crippen MR) is 82.1 cm³/mol. The molecule has 2 amide bonds. The molecule has 0 radical (unpaired) electrons. The summed E-state index contributed by atoms with van der Waals surface area (Å²) in [5.74, 6) is 0. The van der Waals surface area contributed by atoms with E-state index in [4.69, 9.17) is 4.74 Å². The number of ether oxygens (including phenoxy) is 1. The van der Waals surface area contributed by atoms with Crippen LogP contribution in [0.3, 0.4) is 0 Å². The predicted octanol–water partition coefficient (Wildman–Crippen LogP) is 3.15. The van der Waals surface area contributed by atoms with Crippen LogP contribution in [0.4, 0.5) is 4.79 Å². The highest BCUT2D eigenvalue weighted by atomic mass is 16.5. The lowest BCUT2D eigenvalue weighted by molar-refractivity contribution is 0.0980. The Hall–Kier alpha value is -1.55. The molecule has 2 heterocycles. The van der Waals surface area contributed by atoms with Crippen LogP contribution >= 0.6 is 0 Å². The first-order valence-corrected chi connectivity index (χ1v) is 8.03. The van der Waals surface area contributed by atoms with Gasteiger partial charge in [0, 0.05) is 0 Å². The molecule has 1 aromatic carbocycles. The van der Waals surface area contributed by atoms with Crippen molar-refractivity contribution >= 4 is 6.03 Å². The number of benzene rings is 1. The summed E-state index contributed by atoms with van der Waals surface area (Å²) in [5, 5.41) is 6.21. The Morgan fingerprint density at radius 3 is 2.76 bits per heavy atom. The molecule has 2 aliphatic rings. The summed E-state index contributed by atoms with van der Waals surface area (Å²) in [5.41, 5.74) is 1.17. The van der Waals surface area contributed by atoms with Crippen LogP contribution in [0.5, 0.6) is 0 Å². The molecule has 2 saturated heterocycles. The van der Waals surface area contributed by atoms with Crippen molar-refractivity contribution < 1.29 is 9.53 Å². The van der Waals surface area contributed by atoms with Gasteiger partial charge in [0.1, 0.15) is 0 Å². The number of carbonyl (C=O) groups is 1. The number of hydrogen-bond donors (Lipinski definition) is 2. The third kappa shape index (κ3) is 3.38. The van der Waals surface area contributed by atoms with Gasteiger partial charge in [0.2, 0.25) is 0 Å². The molecule has 4 atom stereocenters. The lowest BCUT2D eigenvalue weighted by Crippen LogP contribution is -2.47. The van der Waals surface area contributed by atoms with Gasteiger partial charge in [0.05, 0.1) is 24.3 Å². The molecule has 1 aromatic rings. The van der Waals surface area contributed by atoms with Crippen LogP contribution in [0.1, 0.15) is 50.6 Å². The van der Waals surface area contributed by atoms with Gasteiger partial charge in [-0.2, -0.15) is 0 Å². The van der Waals surface area contributed by atoms with E-state index in [9.17, 15) is 4.79 Å². The second kappa shape index (κ2) is 6.48. The Morgan fingerprint density at radius 1 is 1.33 bits per heavy atom. The maximum Gasteiger partial charge on any atom is 0.315 e. The number of fused-ring (bicyclic) bond motifs is 2. The van der Waals surface area contributed by atoms with Gasteiger partial charge in [-0.05, 0) is 31.2 Å². The fraction of sp³-hybridized carbons (Fsp3) is 0.588. The normalized spacial score (nSPS) is 28.3. The minimum atomic E-state index is -0.0709. The number of carbonyl (C=O) groups excluding carboxylic acids is 1. The summed E-state index contributed by atoms with van der Waals surface area (Å²) >= 11 is 0. The summed E-state index contributed by atoms with van der Waals surface area (Å²) in [6, 6.07) is 10.4. The summed E-state index contributed by atoms with van der Waals surface area (Å²) in [4.78, 5) is 12.3. The molecule has 0 unspecified atom stereocenters. The molecule has 0 saturated carbocycles. The van der Waals surface area contributed by atoms with Crippen molar-refractivity contribution in [3.63, 3.8) is 0 Å². The van der Waals surface area contributed by atoms with Crippen molar-refractivity contribution in [1.82, 2.24) is 10.6 Å². The topological polar surface area (TPSA) is 50.4 Å². The largest absolute Gasteiger partial charge is 0.373 e. The number of amides is 2. The highest BCUT2D eigenvalue weighted by Crippen LogP contribution is 2.34. The van der Waals surface area contributed by atoms with Crippen LogP contribution in [-0.4, -0.2) is 24.3 Å². The van der Waals surface area contributed by atoms with Crippen LogP contribution in [0, 0.1) is 0 Å². The van der Waals surface area contributed by atoms with E-state index in [1.807, 2.05) is 18.2 Å². The fourth-order valence-electron chi connectivity index (χ4n) is 3.45. The molecule has 0 aromatic heterocycles. The molecule has 4 heteroatoms. The van der Waals surface area contributed by atoms with Crippen LogP contribution in [0.2, 0.25) is 0 Å². The van der Waals surface area contributed by atoms with Crippen molar-refractivity contribution in [1.29, 1.82) is 0 Å². The number of rotatable bonds is 5. The lowest BCUT2D eigenvalue weighted by Gasteiger charge is -2.23. The average molecular weight is 288 g/mol. The highest BCUT2D eigenvalue weighted by Gasteiger charge is 2.41. The minimum absolute atomic E-state index is 0.0709. The summed E-state index contributed by atoms with van der Waals surface area (Å²) in [7, 11) is 0. The summed E-state index contributed by atoms with van der Waals surface area (Å²) in [6.45, 7) is 2.14. The maximum atomic E-state index is 12.3. The number of urea groups is 1. The molecule has 4 nitrogen and oxygen atoms in total. The van der Waals surface area contributed by atoms with E-state index < -0.39 is 0 Å². The zero-order valence-electron chi connectivity index (χ0n) is 12.5. The maximum absolute atomic E-state index is 12.3. The molecule has 2 aliphatic heterocycles. The van der Waals surface area contributed by atoms with E-state index in [2.05, 4.69) is 29.7 Å². The van der Waals surface area contributed by atoms with Gasteiger partial charge in [-0.25, -0.2) is 4.79 Å². The zero-order valence-corrected chi connectivity index (χ0v) is 12.5. The van der Waals surface area contributed by atoms with Crippen molar-refractivity contribution in [3.05, 3.63) is 35.9 Å². The van der Waals surface area contributed by atoms with Gasteiger partial charge in [-0.3, -0.25) is 0 Å². The Balaban J connectivity index is 1.56. The first kappa shape index (κ1) is 14.4. The van der Waals surface area contributed by atoms with Gasteiger partial charge in [0.15, 0.2) is 0 Å². The van der Waals surface area contributed by atoms with Crippen molar-refractivity contribution in [3.8, 4) is 0 Å². The third-order valence-electron chi connectivity index (χ3n) is 4.51. The molecule has 2 fully saturated rings. The van der Waals surface area contributed by atoms with E-state index in [1.54, 1.807) is 0 Å². The molecular formula is C17H24N2O2. The molecule has 21 heavy (non-hydrogen) atoms. The smallest absolute Gasteiger partial charge is 0.315 e. The first-order chi connectivity index (χ1) is 10.3. The first-order valence-electron chi connectivity index (χ1n) is 8.03. The fourth-order valence-corrected chi connectivity index (χ4v) is 3.45. The Kier molecular flexibility index (Phi) is 4.44. The van der Waals surface area contributed by atoms with Crippen molar-refractivity contribution in [2.24, 2.45) is 0 Å². The van der Waals surface area contributed by atoms with E-state index in [-0.39, 0.29) is 24.2 Å². The second-order valence-corrected chi connectivity index (χ2v) is 6.09. The van der Waals surface area contributed by atoms with Crippen LogP contribution in [0.15, 0.2) is 30.3 Å². The van der Waals surface area contributed by atoms with E-state index in [0.29, 0.717) is 6.10 Å². The number of hydrogen-bond acceptors (Lipinski definition) is 2. The molecule has 3 rings (SSSR count). The van der Waals surface area contributed by atoms with Crippen LogP contribution in [-0.2, 0) is 4.74 Å². The monoisotopic (exact) mass is 288 g/mol. The van der Waals surface area contributed by atoms with Crippen molar-refractivity contribution in [2.75, 3.05) is 0 Å².